The fraction of sp³-hybridized carbons (Fsp3) is 0.276. The number of benzene rings is 3. The Kier molecular flexibility index (Phi) is 6.07. The number of halogens is 2. The number of rotatable bonds is 4. The van der Waals surface area contributed by atoms with Crippen molar-refractivity contribution in [2.45, 2.75) is 32.7 Å². The Balaban J connectivity index is 1.62. The molecule has 1 N–H and O–H groups in total. The lowest BCUT2D eigenvalue weighted by molar-refractivity contribution is 0.381. The molecule has 1 aliphatic heterocycles. The zero-order valence-corrected chi connectivity index (χ0v) is 22.1. The van der Waals surface area contributed by atoms with Crippen molar-refractivity contribution in [1.82, 2.24) is 19.7 Å². The maximum absolute atomic E-state index is 16.6. The van der Waals surface area contributed by atoms with E-state index in [1.807, 2.05) is 24.3 Å². The van der Waals surface area contributed by atoms with E-state index in [2.05, 4.69) is 28.8 Å². The summed E-state index contributed by atoms with van der Waals surface area (Å²) in [6.07, 6.45) is 3.72. The molecule has 5 aromatic rings. The highest BCUT2D eigenvalue weighted by atomic mass is 35.5. The maximum atomic E-state index is 16.6. The van der Waals surface area contributed by atoms with Crippen molar-refractivity contribution in [2.75, 3.05) is 11.4 Å². The Morgan fingerprint density at radius 3 is 2.66 bits per heavy atom. The van der Waals surface area contributed by atoms with Crippen LogP contribution >= 0.6 is 11.6 Å². The molecular formula is C29H27ClFN5O2. The highest BCUT2D eigenvalue weighted by Crippen LogP contribution is 2.43. The highest BCUT2D eigenvalue weighted by molar-refractivity contribution is 6.35. The van der Waals surface area contributed by atoms with Crippen LogP contribution in [-0.4, -0.2) is 37.4 Å². The van der Waals surface area contributed by atoms with Gasteiger partial charge in [0.05, 0.1) is 11.2 Å². The number of ether oxygens (including phenoxy) is 1. The largest absolute Gasteiger partial charge is 0.508 e. The molecule has 0 spiro atoms. The second kappa shape index (κ2) is 9.44. The molecule has 1 aliphatic rings. The van der Waals surface area contributed by atoms with Gasteiger partial charge < -0.3 is 14.7 Å². The number of nitrogens with zero attached hydrogens (tertiary/aromatic N) is 5. The van der Waals surface area contributed by atoms with Gasteiger partial charge in [0.25, 0.3) is 0 Å². The number of fused-ring (bicyclic) bond motifs is 2. The Labute approximate surface area is 224 Å². The molecule has 0 unspecified atom stereocenters. The molecule has 0 bridgehead atoms. The van der Waals surface area contributed by atoms with Gasteiger partial charge in [-0.1, -0.05) is 42.8 Å². The molecule has 38 heavy (non-hydrogen) atoms. The molecule has 0 saturated carbocycles. The minimum absolute atomic E-state index is 0.0222. The third-order valence-corrected chi connectivity index (χ3v) is 7.62. The highest BCUT2D eigenvalue weighted by Gasteiger charge is 2.29. The van der Waals surface area contributed by atoms with E-state index < -0.39 is 5.82 Å². The average molecular weight is 532 g/mol. The van der Waals surface area contributed by atoms with Gasteiger partial charge in [-0.2, -0.15) is 15.1 Å². The average Bonchev–Trinajstić information content (AvgIpc) is 3.29. The van der Waals surface area contributed by atoms with Gasteiger partial charge in [-0.15, -0.1) is 0 Å². The summed E-state index contributed by atoms with van der Waals surface area (Å²) in [5.41, 5.74) is 0.756. The van der Waals surface area contributed by atoms with E-state index in [4.69, 9.17) is 21.3 Å². The second-order valence-corrected chi connectivity index (χ2v) is 10.5. The van der Waals surface area contributed by atoms with Gasteiger partial charge in [-0.25, -0.2) is 9.07 Å². The first kappa shape index (κ1) is 24.4. The first-order valence-corrected chi connectivity index (χ1v) is 13.0. The van der Waals surface area contributed by atoms with Crippen LogP contribution in [0.2, 0.25) is 5.02 Å². The van der Waals surface area contributed by atoms with Gasteiger partial charge in [0.15, 0.2) is 5.82 Å². The molecule has 194 valence electrons. The standard InChI is InChI=1S/C29H27ClFN5O2/c1-16-8-9-17(2)36(15-16)28-22-14-23(30)25(21-13-19(37)12-18-6-4-5-7-20(18)21)26(31)27(22)33-29(34-28)38-24-10-11-32-35(24)3/h4-7,10-14,16-17,37H,8-9,15H2,1-3H3/t16-,17-/m0/s1. The number of phenols is 1. The lowest BCUT2D eigenvalue weighted by Crippen LogP contribution is -2.41. The minimum Gasteiger partial charge on any atom is -0.508 e. The minimum atomic E-state index is -0.598. The number of hydrogen-bond donors (Lipinski definition) is 1. The Morgan fingerprint density at radius 2 is 1.87 bits per heavy atom. The molecule has 3 aromatic carbocycles. The fourth-order valence-corrected chi connectivity index (χ4v) is 5.61. The predicted molar refractivity (Wildman–Crippen MR) is 148 cm³/mol. The van der Waals surface area contributed by atoms with Gasteiger partial charge in [0, 0.05) is 36.7 Å². The van der Waals surface area contributed by atoms with Crippen molar-refractivity contribution in [3.63, 3.8) is 0 Å². The molecule has 0 radical (unpaired) electrons. The molecular weight excluding hydrogens is 505 g/mol. The van der Waals surface area contributed by atoms with E-state index in [-0.39, 0.29) is 33.9 Å². The summed E-state index contributed by atoms with van der Waals surface area (Å²) in [7, 11) is 1.75. The van der Waals surface area contributed by atoms with Crippen molar-refractivity contribution in [1.29, 1.82) is 0 Å². The van der Waals surface area contributed by atoms with Crippen LogP contribution in [0.15, 0.2) is 54.7 Å². The smallest absolute Gasteiger partial charge is 0.325 e. The van der Waals surface area contributed by atoms with Gasteiger partial charge >= 0.3 is 6.01 Å². The second-order valence-electron chi connectivity index (χ2n) is 10.1. The van der Waals surface area contributed by atoms with Crippen LogP contribution in [-0.2, 0) is 7.05 Å². The van der Waals surface area contributed by atoms with Crippen molar-refractivity contribution >= 4 is 39.1 Å². The van der Waals surface area contributed by atoms with Crippen LogP contribution < -0.4 is 9.64 Å². The predicted octanol–water partition coefficient (Wildman–Crippen LogP) is 7.10. The Bertz CT molecular complexity index is 1690. The normalized spacial score (nSPS) is 17.9. The molecule has 1 fully saturated rings. The van der Waals surface area contributed by atoms with Crippen LogP contribution in [0, 0.1) is 11.7 Å². The van der Waals surface area contributed by atoms with E-state index >= 15 is 4.39 Å². The molecule has 2 atom stereocenters. The summed E-state index contributed by atoms with van der Waals surface area (Å²) >= 11 is 6.81. The van der Waals surface area contributed by atoms with Crippen molar-refractivity contribution in [2.24, 2.45) is 13.0 Å². The van der Waals surface area contributed by atoms with E-state index in [0.29, 0.717) is 28.6 Å². The third kappa shape index (κ3) is 4.19. The zero-order chi connectivity index (χ0) is 26.6. The van der Waals surface area contributed by atoms with Gasteiger partial charge in [0.2, 0.25) is 5.88 Å². The monoisotopic (exact) mass is 531 g/mol. The maximum Gasteiger partial charge on any atom is 0.325 e. The molecule has 0 amide bonds. The van der Waals surface area contributed by atoms with Crippen LogP contribution in [0.1, 0.15) is 26.7 Å². The first-order chi connectivity index (χ1) is 18.3. The number of aromatic hydroxyl groups is 1. The van der Waals surface area contributed by atoms with E-state index in [1.54, 1.807) is 36.1 Å². The summed E-state index contributed by atoms with van der Waals surface area (Å²) in [4.78, 5) is 11.5. The fourth-order valence-electron chi connectivity index (χ4n) is 5.31. The number of piperidine rings is 1. The topological polar surface area (TPSA) is 76.3 Å². The van der Waals surface area contributed by atoms with Gasteiger partial charge in [-0.3, -0.25) is 0 Å². The van der Waals surface area contributed by atoms with Crippen molar-refractivity contribution in [3.8, 4) is 28.8 Å². The molecule has 1 saturated heterocycles. The summed E-state index contributed by atoms with van der Waals surface area (Å²) in [5.74, 6) is 0.896. The van der Waals surface area contributed by atoms with Crippen molar-refractivity contribution in [3.05, 3.63) is 65.6 Å². The number of aromatic nitrogens is 4. The van der Waals surface area contributed by atoms with Gasteiger partial charge in [0.1, 0.15) is 17.1 Å². The van der Waals surface area contributed by atoms with E-state index in [1.165, 1.54) is 6.07 Å². The molecule has 2 aromatic heterocycles. The number of hydrogen-bond acceptors (Lipinski definition) is 6. The van der Waals surface area contributed by atoms with Crippen LogP contribution in [0.25, 0.3) is 32.8 Å². The number of aryl methyl sites for hydroxylation is 1. The summed E-state index contributed by atoms with van der Waals surface area (Å²) in [6, 6.07) is 14.3. The third-order valence-electron chi connectivity index (χ3n) is 7.32. The quantitative estimate of drug-likeness (QED) is 0.266. The van der Waals surface area contributed by atoms with E-state index in [0.717, 1.165) is 30.2 Å². The number of phenolic OH excluding ortho intramolecular Hbond substituents is 1. The van der Waals surface area contributed by atoms with Crippen LogP contribution in [0.5, 0.6) is 17.6 Å². The summed E-state index contributed by atoms with van der Waals surface area (Å²) in [6.45, 7) is 5.12. The van der Waals surface area contributed by atoms with Crippen LogP contribution in [0.4, 0.5) is 10.2 Å². The lowest BCUT2D eigenvalue weighted by atomic mass is 9.94. The van der Waals surface area contributed by atoms with Crippen molar-refractivity contribution < 1.29 is 14.2 Å². The lowest BCUT2D eigenvalue weighted by Gasteiger charge is -2.38. The SMILES string of the molecule is C[C@H]1CC[C@H](C)N(c2nc(Oc3ccnn3C)nc3c(F)c(-c4cc(O)cc5ccccc45)c(Cl)cc23)C1. The Hall–Kier alpha value is -3.91. The Morgan fingerprint density at radius 1 is 1.05 bits per heavy atom. The summed E-state index contributed by atoms with van der Waals surface area (Å²) < 4.78 is 24.1. The molecule has 0 aliphatic carbocycles. The van der Waals surface area contributed by atoms with Crippen LogP contribution in [0.3, 0.4) is 0 Å². The molecule has 6 rings (SSSR count). The number of anilines is 1. The van der Waals surface area contributed by atoms with Gasteiger partial charge in [-0.05, 0) is 60.2 Å². The molecule has 3 heterocycles. The summed E-state index contributed by atoms with van der Waals surface area (Å²) in [5, 5.41) is 16.8. The van der Waals surface area contributed by atoms with E-state index in [9.17, 15) is 5.11 Å². The molecule has 9 heteroatoms. The zero-order valence-electron chi connectivity index (χ0n) is 21.3. The molecule has 7 nitrogen and oxygen atoms in total. The first-order valence-electron chi connectivity index (χ1n) is 12.6.